The summed E-state index contributed by atoms with van der Waals surface area (Å²) in [5.41, 5.74) is 2.11. The van der Waals surface area contributed by atoms with E-state index in [0.717, 1.165) is 34.4 Å². The maximum absolute atomic E-state index is 5.94. The first-order chi connectivity index (χ1) is 13.8. The maximum Gasteiger partial charge on any atom is 0.129 e. The lowest BCUT2D eigenvalue weighted by molar-refractivity contribution is 0.482. The Hall–Kier alpha value is -3.72. The summed E-state index contributed by atoms with van der Waals surface area (Å²) in [6.07, 6.45) is 0. The standard InChI is InChI=1S/C25H21NO2/c1-26(20-15-17-24(18-16-20)27-22-10-4-2-5-11-22)21-9-8-14-25(19-21)28-23-12-6-3-7-13-23/h2-19H,1H3. The van der Waals surface area contributed by atoms with Crippen LogP contribution in [0.2, 0.25) is 0 Å². The Kier molecular flexibility index (Phi) is 5.25. The van der Waals surface area contributed by atoms with Crippen LogP contribution in [0.4, 0.5) is 11.4 Å². The molecule has 0 aromatic heterocycles. The van der Waals surface area contributed by atoms with Gasteiger partial charge in [-0.2, -0.15) is 0 Å². The number of hydrogen-bond acceptors (Lipinski definition) is 3. The Labute approximate surface area is 165 Å². The van der Waals surface area contributed by atoms with Crippen molar-refractivity contribution < 1.29 is 9.47 Å². The smallest absolute Gasteiger partial charge is 0.129 e. The lowest BCUT2D eigenvalue weighted by Crippen LogP contribution is -2.09. The normalized spacial score (nSPS) is 10.3. The molecule has 3 heteroatoms. The summed E-state index contributed by atoms with van der Waals surface area (Å²) in [4.78, 5) is 2.12. The second-order valence-electron chi connectivity index (χ2n) is 6.38. The van der Waals surface area contributed by atoms with Gasteiger partial charge >= 0.3 is 0 Å². The SMILES string of the molecule is CN(c1ccc(Oc2ccccc2)cc1)c1cccc(Oc2ccccc2)c1. The molecule has 0 fully saturated rings. The third-order valence-electron chi connectivity index (χ3n) is 4.39. The van der Waals surface area contributed by atoms with E-state index in [1.54, 1.807) is 0 Å². The van der Waals surface area contributed by atoms with Gasteiger partial charge in [-0.15, -0.1) is 0 Å². The van der Waals surface area contributed by atoms with Crippen LogP contribution in [0.5, 0.6) is 23.0 Å². The number of rotatable bonds is 6. The molecule has 0 aliphatic carbocycles. The third-order valence-corrected chi connectivity index (χ3v) is 4.39. The molecule has 4 aromatic carbocycles. The van der Waals surface area contributed by atoms with Crippen molar-refractivity contribution in [2.45, 2.75) is 0 Å². The summed E-state index contributed by atoms with van der Waals surface area (Å²) in [6.45, 7) is 0. The van der Waals surface area contributed by atoms with Gasteiger partial charge in [-0.3, -0.25) is 0 Å². The van der Waals surface area contributed by atoms with E-state index in [1.165, 1.54) is 0 Å². The zero-order valence-electron chi connectivity index (χ0n) is 15.7. The highest BCUT2D eigenvalue weighted by atomic mass is 16.5. The molecule has 4 aromatic rings. The molecular weight excluding hydrogens is 346 g/mol. The molecule has 3 nitrogen and oxygen atoms in total. The molecule has 138 valence electrons. The molecule has 0 aliphatic heterocycles. The fraction of sp³-hybridized carbons (Fsp3) is 0.0400. The van der Waals surface area contributed by atoms with Gasteiger partial charge in [0.05, 0.1) is 0 Å². The molecular formula is C25H21NO2. The van der Waals surface area contributed by atoms with Crippen LogP contribution in [-0.2, 0) is 0 Å². The molecule has 0 N–H and O–H groups in total. The van der Waals surface area contributed by atoms with E-state index >= 15 is 0 Å². The van der Waals surface area contributed by atoms with Crippen LogP contribution in [-0.4, -0.2) is 7.05 Å². The van der Waals surface area contributed by atoms with Gasteiger partial charge in [0, 0.05) is 24.5 Å². The zero-order chi connectivity index (χ0) is 19.2. The molecule has 0 saturated carbocycles. The summed E-state index contributed by atoms with van der Waals surface area (Å²) in [5, 5.41) is 0. The molecule has 4 rings (SSSR count). The minimum atomic E-state index is 0.805. The summed E-state index contributed by atoms with van der Waals surface area (Å²) in [5.74, 6) is 3.27. The highest BCUT2D eigenvalue weighted by Gasteiger charge is 2.07. The van der Waals surface area contributed by atoms with Gasteiger partial charge in [-0.05, 0) is 60.7 Å². The first-order valence-electron chi connectivity index (χ1n) is 9.18. The van der Waals surface area contributed by atoms with Crippen molar-refractivity contribution in [3.05, 3.63) is 109 Å². The van der Waals surface area contributed by atoms with Crippen molar-refractivity contribution in [2.75, 3.05) is 11.9 Å². The fourth-order valence-electron chi connectivity index (χ4n) is 2.89. The molecule has 0 spiro atoms. The number of para-hydroxylation sites is 2. The van der Waals surface area contributed by atoms with Crippen LogP contribution in [0.25, 0.3) is 0 Å². The van der Waals surface area contributed by atoms with E-state index in [4.69, 9.17) is 9.47 Å². The van der Waals surface area contributed by atoms with Crippen LogP contribution in [0.15, 0.2) is 109 Å². The van der Waals surface area contributed by atoms with E-state index in [0.29, 0.717) is 0 Å². The van der Waals surface area contributed by atoms with Crippen LogP contribution in [0, 0.1) is 0 Å². The van der Waals surface area contributed by atoms with E-state index in [1.807, 2.05) is 110 Å². The molecule has 0 radical (unpaired) electrons. The van der Waals surface area contributed by atoms with Gasteiger partial charge in [0.1, 0.15) is 23.0 Å². The van der Waals surface area contributed by atoms with Crippen molar-refractivity contribution in [1.29, 1.82) is 0 Å². The number of nitrogens with zero attached hydrogens (tertiary/aromatic N) is 1. The largest absolute Gasteiger partial charge is 0.457 e. The van der Waals surface area contributed by atoms with E-state index in [2.05, 4.69) is 11.0 Å². The van der Waals surface area contributed by atoms with Crippen molar-refractivity contribution in [3.63, 3.8) is 0 Å². The molecule has 0 amide bonds. The molecule has 0 atom stereocenters. The van der Waals surface area contributed by atoms with Crippen molar-refractivity contribution in [3.8, 4) is 23.0 Å². The molecule has 0 saturated heterocycles. The zero-order valence-corrected chi connectivity index (χ0v) is 15.7. The van der Waals surface area contributed by atoms with Gasteiger partial charge < -0.3 is 14.4 Å². The summed E-state index contributed by atoms with van der Waals surface area (Å²) in [6, 6.07) is 35.7. The second kappa shape index (κ2) is 8.31. The van der Waals surface area contributed by atoms with Crippen LogP contribution >= 0.6 is 0 Å². The molecule has 28 heavy (non-hydrogen) atoms. The quantitative estimate of drug-likeness (QED) is 0.365. The van der Waals surface area contributed by atoms with E-state index in [9.17, 15) is 0 Å². The van der Waals surface area contributed by atoms with Crippen molar-refractivity contribution in [2.24, 2.45) is 0 Å². The predicted octanol–water partition coefficient (Wildman–Crippen LogP) is 7.04. The minimum absolute atomic E-state index is 0.805. The third kappa shape index (κ3) is 4.33. The Bertz CT molecular complexity index is 1020. The molecule has 0 bridgehead atoms. The highest BCUT2D eigenvalue weighted by molar-refractivity contribution is 5.64. The summed E-state index contributed by atoms with van der Waals surface area (Å²) in [7, 11) is 2.04. The van der Waals surface area contributed by atoms with E-state index in [-0.39, 0.29) is 0 Å². The summed E-state index contributed by atoms with van der Waals surface area (Å²) >= 11 is 0. The lowest BCUT2D eigenvalue weighted by Gasteiger charge is -2.20. The monoisotopic (exact) mass is 367 g/mol. The Morgan fingerprint density at radius 3 is 1.57 bits per heavy atom. The maximum atomic E-state index is 5.94. The number of anilines is 2. The van der Waals surface area contributed by atoms with Crippen molar-refractivity contribution in [1.82, 2.24) is 0 Å². The Morgan fingerprint density at radius 2 is 0.964 bits per heavy atom. The average Bonchev–Trinajstić information content (AvgIpc) is 2.75. The number of ether oxygens (including phenoxy) is 2. The predicted molar refractivity (Wildman–Crippen MR) is 114 cm³/mol. The van der Waals surface area contributed by atoms with Gasteiger partial charge in [-0.1, -0.05) is 42.5 Å². The topological polar surface area (TPSA) is 21.7 Å². The Balaban J connectivity index is 1.48. The van der Waals surface area contributed by atoms with Crippen LogP contribution < -0.4 is 14.4 Å². The average molecular weight is 367 g/mol. The Morgan fingerprint density at radius 1 is 0.464 bits per heavy atom. The van der Waals surface area contributed by atoms with Gasteiger partial charge in [0.2, 0.25) is 0 Å². The second-order valence-corrected chi connectivity index (χ2v) is 6.38. The van der Waals surface area contributed by atoms with Gasteiger partial charge in [-0.25, -0.2) is 0 Å². The van der Waals surface area contributed by atoms with Crippen LogP contribution in [0.1, 0.15) is 0 Å². The number of benzene rings is 4. The van der Waals surface area contributed by atoms with E-state index < -0.39 is 0 Å². The highest BCUT2D eigenvalue weighted by Crippen LogP contribution is 2.31. The van der Waals surface area contributed by atoms with Gasteiger partial charge in [0.25, 0.3) is 0 Å². The molecule has 0 unspecified atom stereocenters. The van der Waals surface area contributed by atoms with Crippen LogP contribution in [0.3, 0.4) is 0 Å². The lowest BCUT2D eigenvalue weighted by atomic mass is 10.2. The first kappa shape index (κ1) is 17.7. The first-order valence-corrected chi connectivity index (χ1v) is 9.18. The molecule has 0 heterocycles. The minimum Gasteiger partial charge on any atom is -0.457 e. The van der Waals surface area contributed by atoms with Gasteiger partial charge in [0.15, 0.2) is 0 Å². The fourth-order valence-corrected chi connectivity index (χ4v) is 2.89. The number of hydrogen-bond donors (Lipinski definition) is 0. The summed E-state index contributed by atoms with van der Waals surface area (Å²) < 4.78 is 11.8. The van der Waals surface area contributed by atoms with Crippen molar-refractivity contribution >= 4 is 11.4 Å². The molecule has 0 aliphatic rings.